The van der Waals surface area contributed by atoms with Gasteiger partial charge in [0, 0.05) is 10.9 Å². The lowest BCUT2D eigenvalue weighted by Gasteiger charge is -2.05. The SMILES string of the molecule is Nc1cnc(CCOc2ccc(Br)cc2)nc1. The molecule has 2 N–H and O–H groups in total. The molecule has 4 nitrogen and oxygen atoms in total. The predicted octanol–water partition coefficient (Wildman–Crippen LogP) is 2.44. The monoisotopic (exact) mass is 293 g/mol. The van der Waals surface area contributed by atoms with E-state index in [1.54, 1.807) is 12.4 Å². The lowest BCUT2D eigenvalue weighted by Crippen LogP contribution is -2.05. The Labute approximate surface area is 108 Å². The molecule has 0 saturated heterocycles. The minimum atomic E-state index is 0.547. The van der Waals surface area contributed by atoms with Crippen LogP contribution < -0.4 is 10.5 Å². The number of benzene rings is 1. The van der Waals surface area contributed by atoms with Crippen LogP contribution in [-0.2, 0) is 6.42 Å². The highest BCUT2D eigenvalue weighted by molar-refractivity contribution is 9.10. The molecule has 2 rings (SSSR count). The van der Waals surface area contributed by atoms with Gasteiger partial charge in [0.15, 0.2) is 0 Å². The summed E-state index contributed by atoms with van der Waals surface area (Å²) in [5, 5.41) is 0. The van der Waals surface area contributed by atoms with Crippen molar-refractivity contribution < 1.29 is 4.74 Å². The third-order valence-corrected chi connectivity index (χ3v) is 2.66. The van der Waals surface area contributed by atoms with Crippen LogP contribution in [0.3, 0.4) is 0 Å². The third-order valence-electron chi connectivity index (χ3n) is 2.13. The second kappa shape index (κ2) is 5.63. The molecule has 0 amide bonds. The van der Waals surface area contributed by atoms with Crippen molar-refractivity contribution in [2.75, 3.05) is 12.3 Å². The average Bonchev–Trinajstić information content (AvgIpc) is 2.34. The number of rotatable bonds is 4. The number of halogens is 1. The normalized spacial score (nSPS) is 10.2. The first-order valence-electron chi connectivity index (χ1n) is 5.19. The van der Waals surface area contributed by atoms with Crippen molar-refractivity contribution in [1.82, 2.24) is 9.97 Å². The zero-order valence-electron chi connectivity index (χ0n) is 9.14. The molecule has 88 valence electrons. The van der Waals surface area contributed by atoms with Gasteiger partial charge in [-0.3, -0.25) is 0 Å². The van der Waals surface area contributed by atoms with Gasteiger partial charge in [0.05, 0.1) is 24.7 Å². The predicted molar refractivity (Wildman–Crippen MR) is 69.8 cm³/mol. The molecular weight excluding hydrogens is 282 g/mol. The minimum Gasteiger partial charge on any atom is -0.493 e. The first-order chi connectivity index (χ1) is 8.24. The fourth-order valence-electron chi connectivity index (χ4n) is 1.28. The largest absolute Gasteiger partial charge is 0.493 e. The molecule has 5 heteroatoms. The maximum atomic E-state index is 5.56. The first kappa shape index (κ1) is 11.9. The van der Waals surface area contributed by atoms with Crippen LogP contribution in [0, 0.1) is 0 Å². The fourth-order valence-corrected chi connectivity index (χ4v) is 1.55. The molecule has 1 aromatic carbocycles. The molecule has 0 atom stereocenters. The Balaban J connectivity index is 1.83. The van der Waals surface area contributed by atoms with Gasteiger partial charge in [-0.15, -0.1) is 0 Å². The number of ether oxygens (including phenoxy) is 1. The Kier molecular flexibility index (Phi) is 3.93. The quantitative estimate of drug-likeness (QED) is 0.941. The van der Waals surface area contributed by atoms with Gasteiger partial charge in [-0.25, -0.2) is 9.97 Å². The number of aromatic nitrogens is 2. The van der Waals surface area contributed by atoms with Gasteiger partial charge in [0.1, 0.15) is 11.6 Å². The van der Waals surface area contributed by atoms with Crippen molar-refractivity contribution in [3.8, 4) is 5.75 Å². The van der Waals surface area contributed by atoms with Gasteiger partial charge < -0.3 is 10.5 Å². The Morgan fingerprint density at radius 3 is 2.41 bits per heavy atom. The van der Waals surface area contributed by atoms with Gasteiger partial charge >= 0.3 is 0 Å². The Morgan fingerprint density at radius 2 is 1.76 bits per heavy atom. The van der Waals surface area contributed by atoms with Crippen LogP contribution in [0.4, 0.5) is 5.69 Å². The maximum Gasteiger partial charge on any atom is 0.131 e. The molecule has 0 aliphatic rings. The van der Waals surface area contributed by atoms with Gasteiger partial charge in [0.25, 0.3) is 0 Å². The molecule has 1 heterocycles. The van der Waals surface area contributed by atoms with Crippen molar-refractivity contribution in [3.63, 3.8) is 0 Å². The molecule has 1 aromatic heterocycles. The van der Waals surface area contributed by atoms with E-state index in [0.717, 1.165) is 16.0 Å². The summed E-state index contributed by atoms with van der Waals surface area (Å²) >= 11 is 3.37. The first-order valence-corrected chi connectivity index (χ1v) is 5.98. The van der Waals surface area contributed by atoms with E-state index in [1.165, 1.54) is 0 Å². The van der Waals surface area contributed by atoms with E-state index in [-0.39, 0.29) is 0 Å². The summed E-state index contributed by atoms with van der Waals surface area (Å²) in [6.07, 6.45) is 3.86. The van der Waals surface area contributed by atoms with Crippen LogP contribution in [0.5, 0.6) is 5.75 Å². The van der Waals surface area contributed by atoms with Crippen LogP contribution in [0.25, 0.3) is 0 Å². The Hall–Kier alpha value is -1.62. The fraction of sp³-hybridized carbons (Fsp3) is 0.167. The molecule has 0 radical (unpaired) electrons. The lowest BCUT2D eigenvalue weighted by molar-refractivity contribution is 0.319. The molecule has 2 aromatic rings. The molecule has 17 heavy (non-hydrogen) atoms. The van der Waals surface area contributed by atoms with Crippen molar-refractivity contribution in [2.24, 2.45) is 0 Å². The second-order valence-electron chi connectivity index (χ2n) is 3.49. The number of nitrogens with two attached hydrogens (primary N) is 1. The van der Waals surface area contributed by atoms with E-state index >= 15 is 0 Å². The highest BCUT2D eigenvalue weighted by atomic mass is 79.9. The van der Waals surface area contributed by atoms with Crippen molar-refractivity contribution in [1.29, 1.82) is 0 Å². The summed E-state index contributed by atoms with van der Waals surface area (Å²) in [5.74, 6) is 1.57. The molecular formula is C12H12BrN3O. The topological polar surface area (TPSA) is 61.0 Å². The summed E-state index contributed by atoms with van der Waals surface area (Å²) in [6, 6.07) is 7.70. The second-order valence-corrected chi connectivity index (χ2v) is 4.40. The third kappa shape index (κ3) is 3.71. The van der Waals surface area contributed by atoms with E-state index in [0.29, 0.717) is 18.7 Å². The molecule has 0 saturated carbocycles. The highest BCUT2D eigenvalue weighted by Crippen LogP contribution is 2.16. The number of anilines is 1. The van der Waals surface area contributed by atoms with Crippen molar-refractivity contribution in [3.05, 3.63) is 47.0 Å². The van der Waals surface area contributed by atoms with Gasteiger partial charge in [0.2, 0.25) is 0 Å². The van der Waals surface area contributed by atoms with E-state index < -0.39 is 0 Å². The van der Waals surface area contributed by atoms with Crippen LogP contribution in [0.1, 0.15) is 5.82 Å². The average molecular weight is 294 g/mol. The summed E-state index contributed by atoms with van der Waals surface area (Å²) in [4.78, 5) is 8.20. The van der Waals surface area contributed by atoms with Crippen molar-refractivity contribution in [2.45, 2.75) is 6.42 Å². The number of hydrogen-bond donors (Lipinski definition) is 1. The van der Waals surface area contributed by atoms with Crippen molar-refractivity contribution >= 4 is 21.6 Å². The lowest BCUT2D eigenvalue weighted by atomic mass is 10.3. The molecule has 0 bridgehead atoms. The highest BCUT2D eigenvalue weighted by Gasteiger charge is 1.98. The zero-order valence-corrected chi connectivity index (χ0v) is 10.7. The standard InChI is InChI=1S/C12H12BrN3O/c13-9-1-3-11(4-2-9)17-6-5-12-15-7-10(14)8-16-12/h1-4,7-8H,5-6,14H2. The zero-order chi connectivity index (χ0) is 12.1. The van der Waals surface area contributed by atoms with Crippen LogP contribution in [0.2, 0.25) is 0 Å². The molecule has 0 aliphatic heterocycles. The molecule has 0 aliphatic carbocycles. The molecule has 0 fully saturated rings. The minimum absolute atomic E-state index is 0.547. The smallest absolute Gasteiger partial charge is 0.131 e. The Morgan fingerprint density at radius 1 is 1.12 bits per heavy atom. The number of nitrogens with zero attached hydrogens (tertiary/aromatic N) is 2. The van der Waals surface area contributed by atoms with Gasteiger partial charge in [-0.2, -0.15) is 0 Å². The Bertz CT molecular complexity index is 425. The van der Waals surface area contributed by atoms with E-state index in [1.807, 2.05) is 24.3 Å². The summed E-state index contributed by atoms with van der Waals surface area (Å²) in [5.41, 5.74) is 6.07. The van der Waals surface area contributed by atoms with Crippen LogP contribution in [0.15, 0.2) is 41.1 Å². The van der Waals surface area contributed by atoms with E-state index in [2.05, 4.69) is 25.9 Å². The molecule has 0 spiro atoms. The molecule has 0 unspecified atom stereocenters. The van der Waals surface area contributed by atoms with Crippen LogP contribution >= 0.6 is 15.9 Å². The van der Waals surface area contributed by atoms with Gasteiger partial charge in [-0.1, -0.05) is 15.9 Å². The summed E-state index contributed by atoms with van der Waals surface area (Å²) in [7, 11) is 0. The summed E-state index contributed by atoms with van der Waals surface area (Å²) < 4.78 is 6.60. The number of nitrogen functional groups attached to an aromatic ring is 1. The summed E-state index contributed by atoms with van der Waals surface area (Å²) in [6.45, 7) is 0.547. The van der Waals surface area contributed by atoms with Crippen LogP contribution in [-0.4, -0.2) is 16.6 Å². The van der Waals surface area contributed by atoms with E-state index in [4.69, 9.17) is 10.5 Å². The van der Waals surface area contributed by atoms with Gasteiger partial charge in [-0.05, 0) is 24.3 Å². The van der Waals surface area contributed by atoms with E-state index in [9.17, 15) is 0 Å². The number of hydrogen-bond acceptors (Lipinski definition) is 4. The maximum absolute atomic E-state index is 5.56.